The van der Waals surface area contributed by atoms with Crippen molar-refractivity contribution in [1.29, 1.82) is 0 Å². The molecule has 0 bridgehead atoms. The van der Waals surface area contributed by atoms with Crippen LogP contribution in [0.2, 0.25) is 0 Å². The average molecular weight is 1100 g/mol. The molecule has 0 aliphatic carbocycles. The summed E-state index contributed by atoms with van der Waals surface area (Å²) in [6.45, 7) is 2.16. The van der Waals surface area contributed by atoms with Crippen LogP contribution in [0.3, 0.4) is 0 Å². The Morgan fingerprint density at radius 3 is 1.29 bits per heavy atom. The van der Waals surface area contributed by atoms with Gasteiger partial charge in [-0.25, -0.2) is 0 Å². The fraction of sp³-hybridized carbons (Fsp3) is 0.0889. The maximum atomic E-state index is 12.7. The summed E-state index contributed by atoms with van der Waals surface area (Å²) in [5.41, 5.74) is -1.40. The van der Waals surface area contributed by atoms with Crippen molar-refractivity contribution in [3.8, 4) is 23.0 Å². The number of fused-ring (bicyclic) bond motifs is 2. The number of azo groups is 2. The molecule has 8 rings (SSSR count). The summed E-state index contributed by atoms with van der Waals surface area (Å²) >= 11 is 0. The summed E-state index contributed by atoms with van der Waals surface area (Å²) in [5, 5.41) is 43.8. The molecule has 0 saturated carbocycles. The van der Waals surface area contributed by atoms with Gasteiger partial charge < -0.3 is 35.2 Å². The van der Waals surface area contributed by atoms with E-state index in [2.05, 4.69) is 46.0 Å². The minimum absolute atomic E-state index is 0.00947. The molecule has 8 aromatic rings. The van der Waals surface area contributed by atoms with Gasteiger partial charge in [0.25, 0.3) is 40.5 Å². The van der Waals surface area contributed by atoms with Crippen molar-refractivity contribution in [2.24, 2.45) is 20.5 Å². The zero-order valence-corrected chi connectivity index (χ0v) is 41.9. The zero-order valence-electron chi connectivity index (χ0n) is 38.7. The number of hydrogen-bond donors (Lipinski definition) is 8. The molecular formula is C45H38N10O16S4. The third-order valence-electron chi connectivity index (χ3n) is 10.8. The molecule has 0 aliphatic heterocycles. The Kier molecular flexibility index (Phi) is 14.4. The van der Waals surface area contributed by atoms with E-state index >= 15 is 0 Å². The zero-order chi connectivity index (χ0) is 54.2. The van der Waals surface area contributed by atoms with E-state index in [1.807, 2.05) is 6.92 Å². The van der Waals surface area contributed by atoms with Gasteiger partial charge >= 0.3 is 0 Å². The Labute approximate surface area is 425 Å². The number of benzene rings is 7. The Morgan fingerprint density at radius 2 is 0.920 bits per heavy atom. The SMILES string of the molecule is CCN(c1ccccc1)c1nc(Nc2ccc3c(O)c(N=Nc4ccc(OC)cc4S(=O)(=O)O)c(S(=O)(=O)O)cc3c2)nc(Nc2ccc3c(O)c(N=Nc4ccc(OC)cc4S(=O)(=O)O)c(S(=O)(=O)O)cc3c2)n1. The molecule has 0 saturated heterocycles. The third-order valence-corrected chi connectivity index (χ3v) is 14.3. The monoisotopic (exact) mass is 1100 g/mol. The lowest BCUT2D eigenvalue weighted by atomic mass is 10.1. The smallest absolute Gasteiger partial charge is 0.296 e. The van der Waals surface area contributed by atoms with Crippen molar-refractivity contribution in [3.05, 3.63) is 115 Å². The molecule has 26 nitrogen and oxygen atoms in total. The molecule has 1 heterocycles. The van der Waals surface area contributed by atoms with Crippen molar-refractivity contribution in [2.45, 2.75) is 26.5 Å². The first-order valence-corrected chi connectivity index (χ1v) is 26.9. The van der Waals surface area contributed by atoms with E-state index in [0.717, 1.165) is 36.4 Å². The molecule has 0 unspecified atom stereocenters. The normalized spacial score (nSPS) is 12.4. The molecule has 0 fully saturated rings. The summed E-state index contributed by atoms with van der Waals surface area (Å²) < 4.78 is 149. The van der Waals surface area contributed by atoms with Gasteiger partial charge in [0.05, 0.1) is 14.2 Å². The number of nitrogens with zero attached hydrogens (tertiary/aromatic N) is 8. The van der Waals surface area contributed by atoms with E-state index in [0.29, 0.717) is 12.2 Å². The number of hydrogen-bond acceptors (Lipinski definition) is 22. The van der Waals surface area contributed by atoms with Crippen molar-refractivity contribution in [1.82, 2.24) is 15.0 Å². The fourth-order valence-corrected chi connectivity index (χ4v) is 9.97. The van der Waals surface area contributed by atoms with Crippen LogP contribution in [0.5, 0.6) is 23.0 Å². The molecule has 388 valence electrons. The Morgan fingerprint density at radius 1 is 0.507 bits per heavy atom. The second-order valence-electron chi connectivity index (χ2n) is 15.6. The van der Waals surface area contributed by atoms with Crippen molar-refractivity contribution in [2.75, 3.05) is 36.3 Å². The van der Waals surface area contributed by atoms with Crippen LogP contribution >= 0.6 is 0 Å². The van der Waals surface area contributed by atoms with E-state index in [-0.39, 0.29) is 62.3 Å². The molecular weight excluding hydrogens is 1060 g/mol. The molecule has 0 radical (unpaired) electrons. The number of methoxy groups -OCH3 is 2. The first-order chi connectivity index (χ1) is 35.4. The Hall–Kier alpha value is -8.49. The molecule has 0 atom stereocenters. The summed E-state index contributed by atoms with van der Waals surface area (Å²) in [6.07, 6.45) is 0. The second kappa shape index (κ2) is 20.4. The van der Waals surface area contributed by atoms with Gasteiger partial charge in [0, 0.05) is 46.5 Å². The minimum Gasteiger partial charge on any atom is -0.505 e. The van der Waals surface area contributed by atoms with Crippen LogP contribution in [0, 0.1) is 0 Å². The molecule has 1 aromatic heterocycles. The average Bonchev–Trinajstić information content (AvgIpc) is 3.35. The van der Waals surface area contributed by atoms with E-state index in [9.17, 15) is 62.1 Å². The maximum absolute atomic E-state index is 12.7. The number of anilines is 6. The largest absolute Gasteiger partial charge is 0.505 e. The van der Waals surface area contributed by atoms with Gasteiger partial charge in [-0.2, -0.15) is 48.6 Å². The molecule has 0 amide bonds. The number of rotatable bonds is 17. The topological polar surface area (TPSA) is 392 Å². The third kappa shape index (κ3) is 11.5. The first-order valence-electron chi connectivity index (χ1n) is 21.2. The Balaban J connectivity index is 1.18. The van der Waals surface area contributed by atoms with Gasteiger partial charge in [0.15, 0.2) is 11.5 Å². The standard InChI is InChI=1S/C45H38N10O16S4/c1-4-55(28-8-6-5-7-9-28)45-49-43(46-26-10-14-31-24(18-26)20-37(74(64,65)66)39(41(31)56)53-51-33-16-12-29(70-2)22-35(33)72(58,59)60)48-44(50-45)47-27-11-15-32-25(19-27)21-38(75(67,68)69)40(42(32)57)54-52-34-17-13-30(71-3)23-36(34)73(61,62)63/h5-23,56-57H,4H2,1-3H3,(H,58,59,60)(H,61,62,63)(H,64,65,66)(H,67,68,69)(H2,46,47,48,49,50). The highest BCUT2D eigenvalue weighted by Gasteiger charge is 2.26. The van der Waals surface area contributed by atoms with Gasteiger partial charge in [-0.15, -0.1) is 20.5 Å². The molecule has 0 spiro atoms. The second-order valence-corrected chi connectivity index (χ2v) is 21.2. The summed E-state index contributed by atoms with van der Waals surface area (Å²) in [6, 6.07) is 25.9. The van der Waals surface area contributed by atoms with Crippen molar-refractivity contribution in [3.63, 3.8) is 0 Å². The van der Waals surface area contributed by atoms with Crippen LogP contribution in [0.4, 0.5) is 57.7 Å². The predicted octanol–water partition coefficient (Wildman–Crippen LogP) is 9.07. The molecule has 30 heteroatoms. The van der Waals surface area contributed by atoms with Crippen LogP contribution < -0.4 is 25.0 Å². The Bertz CT molecular complexity index is 3900. The first kappa shape index (κ1) is 52.8. The number of nitrogens with one attached hydrogen (secondary N) is 2. The lowest BCUT2D eigenvalue weighted by Gasteiger charge is -2.22. The van der Waals surface area contributed by atoms with Gasteiger partial charge in [-0.05, 0) is 103 Å². The van der Waals surface area contributed by atoms with Gasteiger partial charge in [-0.1, -0.05) is 18.2 Å². The lowest BCUT2D eigenvalue weighted by Crippen LogP contribution is -2.20. The van der Waals surface area contributed by atoms with Gasteiger partial charge in [0.1, 0.15) is 53.8 Å². The van der Waals surface area contributed by atoms with E-state index in [4.69, 9.17) is 9.47 Å². The number of phenolic OH excluding ortho intramolecular Hbond substituents is 2. The van der Waals surface area contributed by atoms with Crippen molar-refractivity contribution >= 4 is 120 Å². The van der Waals surface area contributed by atoms with Crippen LogP contribution in [0.25, 0.3) is 21.5 Å². The highest BCUT2D eigenvalue weighted by Crippen LogP contribution is 2.45. The van der Waals surface area contributed by atoms with Crippen LogP contribution in [-0.4, -0.2) is 97.8 Å². The minimum atomic E-state index is -5.16. The molecule has 0 aliphatic rings. The maximum Gasteiger partial charge on any atom is 0.296 e. The number of aromatic hydroxyl groups is 2. The van der Waals surface area contributed by atoms with Gasteiger partial charge in [0.2, 0.25) is 17.8 Å². The summed E-state index contributed by atoms with van der Waals surface area (Å²) in [7, 11) is -17.7. The molecule has 75 heavy (non-hydrogen) atoms. The summed E-state index contributed by atoms with van der Waals surface area (Å²) in [5.74, 6) is -1.64. The van der Waals surface area contributed by atoms with E-state index in [1.54, 1.807) is 35.2 Å². The number of ether oxygens (including phenoxy) is 2. The van der Waals surface area contributed by atoms with Crippen molar-refractivity contribution < 1.29 is 71.6 Å². The van der Waals surface area contributed by atoms with E-state index < -0.39 is 94.3 Å². The van der Waals surface area contributed by atoms with E-state index in [1.165, 1.54) is 62.8 Å². The highest BCUT2D eigenvalue weighted by molar-refractivity contribution is 7.86. The quantitative estimate of drug-likeness (QED) is 0.0311. The number of para-hydroxylation sites is 1. The van der Waals surface area contributed by atoms with Crippen LogP contribution in [0.15, 0.2) is 155 Å². The highest BCUT2D eigenvalue weighted by atomic mass is 32.2. The van der Waals surface area contributed by atoms with Crippen LogP contribution in [0.1, 0.15) is 6.92 Å². The lowest BCUT2D eigenvalue weighted by molar-refractivity contribution is 0.412. The predicted molar refractivity (Wildman–Crippen MR) is 270 cm³/mol. The number of phenols is 2. The fourth-order valence-electron chi connectivity index (χ4n) is 7.38. The summed E-state index contributed by atoms with van der Waals surface area (Å²) in [4.78, 5) is 12.1. The number of aromatic nitrogens is 3. The molecule has 8 N–H and O–H groups in total. The van der Waals surface area contributed by atoms with Crippen LogP contribution in [-0.2, 0) is 40.5 Å². The molecule has 7 aromatic carbocycles. The van der Waals surface area contributed by atoms with Gasteiger partial charge in [-0.3, -0.25) is 18.2 Å².